The molecule has 0 N–H and O–H groups in total. The number of carbonyl (C=O) groups is 2. The third-order valence-corrected chi connectivity index (χ3v) is 4.79. The van der Waals surface area contributed by atoms with Crippen molar-refractivity contribution in [3.8, 4) is 0 Å². The van der Waals surface area contributed by atoms with Crippen LogP contribution in [0.25, 0.3) is 0 Å². The SMILES string of the molecule is CCOC(=O)c1cc(C(=O)N2CCCc3cc(Br)ccc32)cc([N+](=O)[O-])c1. The molecule has 0 saturated carbocycles. The minimum atomic E-state index is -0.696. The molecule has 140 valence electrons. The maximum atomic E-state index is 13.1. The van der Waals surface area contributed by atoms with Crippen molar-refractivity contribution in [2.24, 2.45) is 0 Å². The van der Waals surface area contributed by atoms with Crippen LogP contribution in [0.15, 0.2) is 40.9 Å². The molecule has 27 heavy (non-hydrogen) atoms. The highest BCUT2D eigenvalue weighted by molar-refractivity contribution is 9.10. The van der Waals surface area contributed by atoms with E-state index in [9.17, 15) is 19.7 Å². The standard InChI is InChI=1S/C19H17BrN2O5/c1-2-27-19(24)14-8-13(10-16(11-14)22(25)26)18(23)21-7-3-4-12-9-15(20)5-6-17(12)21/h5-6,8-11H,2-4,7H2,1H3. The first kappa shape index (κ1) is 19.0. The number of rotatable bonds is 4. The van der Waals surface area contributed by atoms with Gasteiger partial charge in [-0.1, -0.05) is 15.9 Å². The summed E-state index contributed by atoms with van der Waals surface area (Å²) in [4.78, 5) is 37.3. The summed E-state index contributed by atoms with van der Waals surface area (Å²) < 4.78 is 5.85. The Morgan fingerprint density at radius 3 is 2.67 bits per heavy atom. The van der Waals surface area contributed by atoms with Crippen LogP contribution in [0.2, 0.25) is 0 Å². The molecule has 8 heteroatoms. The van der Waals surface area contributed by atoms with Gasteiger partial charge in [0.15, 0.2) is 0 Å². The summed E-state index contributed by atoms with van der Waals surface area (Å²) in [5, 5.41) is 11.2. The molecule has 2 aromatic carbocycles. The third kappa shape index (κ3) is 4.00. The molecule has 1 aliphatic rings. The van der Waals surface area contributed by atoms with Gasteiger partial charge in [0.1, 0.15) is 0 Å². The number of benzene rings is 2. The molecule has 1 heterocycles. The number of hydrogen-bond acceptors (Lipinski definition) is 5. The van der Waals surface area contributed by atoms with E-state index in [1.54, 1.807) is 11.8 Å². The molecule has 0 radical (unpaired) electrons. The summed E-state index contributed by atoms with van der Waals surface area (Å²) in [6.07, 6.45) is 1.64. The van der Waals surface area contributed by atoms with Gasteiger partial charge in [0, 0.05) is 34.4 Å². The number of ether oxygens (including phenoxy) is 1. The second kappa shape index (κ2) is 7.87. The van der Waals surface area contributed by atoms with Crippen LogP contribution in [0.5, 0.6) is 0 Å². The molecule has 0 unspecified atom stereocenters. The summed E-state index contributed by atoms with van der Waals surface area (Å²) >= 11 is 3.43. The molecule has 2 aromatic rings. The first-order chi connectivity index (χ1) is 12.9. The van der Waals surface area contributed by atoms with Crippen LogP contribution in [-0.2, 0) is 11.2 Å². The van der Waals surface area contributed by atoms with E-state index in [2.05, 4.69) is 15.9 Å². The van der Waals surface area contributed by atoms with Crippen molar-refractivity contribution in [3.63, 3.8) is 0 Å². The van der Waals surface area contributed by atoms with Gasteiger partial charge >= 0.3 is 5.97 Å². The van der Waals surface area contributed by atoms with E-state index in [1.807, 2.05) is 18.2 Å². The zero-order chi connectivity index (χ0) is 19.6. The van der Waals surface area contributed by atoms with Gasteiger partial charge in [0.25, 0.3) is 11.6 Å². The lowest BCUT2D eigenvalue weighted by Crippen LogP contribution is -2.35. The summed E-state index contributed by atoms with van der Waals surface area (Å²) in [7, 11) is 0. The summed E-state index contributed by atoms with van der Waals surface area (Å²) in [5.41, 5.74) is 1.56. The molecule has 0 saturated heterocycles. The molecule has 3 rings (SSSR count). The molecule has 0 aromatic heterocycles. The van der Waals surface area contributed by atoms with E-state index in [1.165, 1.54) is 12.1 Å². The van der Waals surface area contributed by atoms with Crippen molar-refractivity contribution in [3.05, 3.63) is 67.7 Å². The van der Waals surface area contributed by atoms with E-state index in [0.29, 0.717) is 6.54 Å². The maximum Gasteiger partial charge on any atom is 0.338 e. The summed E-state index contributed by atoms with van der Waals surface area (Å²) in [5.74, 6) is -1.08. The first-order valence-corrected chi connectivity index (χ1v) is 9.27. The van der Waals surface area contributed by atoms with Crippen molar-refractivity contribution in [2.75, 3.05) is 18.1 Å². The molecule has 0 bridgehead atoms. The number of hydrogen-bond donors (Lipinski definition) is 0. The minimum absolute atomic E-state index is 0.0116. The van der Waals surface area contributed by atoms with E-state index >= 15 is 0 Å². The Labute approximate surface area is 164 Å². The van der Waals surface area contributed by atoms with E-state index in [-0.39, 0.29) is 29.3 Å². The Morgan fingerprint density at radius 1 is 1.22 bits per heavy atom. The second-order valence-corrected chi connectivity index (χ2v) is 7.00. The molecular formula is C19H17BrN2O5. The predicted molar refractivity (Wildman–Crippen MR) is 103 cm³/mol. The predicted octanol–water partition coefficient (Wildman–Crippen LogP) is 4.13. The quantitative estimate of drug-likeness (QED) is 0.411. The van der Waals surface area contributed by atoms with Gasteiger partial charge in [-0.2, -0.15) is 0 Å². The number of amides is 1. The maximum absolute atomic E-state index is 13.1. The van der Waals surface area contributed by atoms with Crippen LogP contribution in [-0.4, -0.2) is 30.0 Å². The number of non-ortho nitro benzene ring substituents is 1. The van der Waals surface area contributed by atoms with Gasteiger partial charge in [-0.3, -0.25) is 14.9 Å². The van der Waals surface area contributed by atoms with Gasteiger partial charge in [-0.05, 0) is 49.6 Å². The van der Waals surface area contributed by atoms with Crippen LogP contribution in [0.3, 0.4) is 0 Å². The van der Waals surface area contributed by atoms with Crippen LogP contribution in [0.4, 0.5) is 11.4 Å². The second-order valence-electron chi connectivity index (χ2n) is 6.08. The monoisotopic (exact) mass is 432 g/mol. The van der Waals surface area contributed by atoms with Crippen molar-refractivity contribution in [1.29, 1.82) is 0 Å². The Morgan fingerprint density at radius 2 is 1.96 bits per heavy atom. The Hall–Kier alpha value is -2.74. The fourth-order valence-corrected chi connectivity index (χ4v) is 3.51. The van der Waals surface area contributed by atoms with Crippen molar-refractivity contribution in [1.82, 2.24) is 0 Å². The molecule has 1 aliphatic heterocycles. The fraction of sp³-hybridized carbons (Fsp3) is 0.263. The smallest absolute Gasteiger partial charge is 0.338 e. The summed E-state index contributed by atoms with van der Waals surface area (Å²) in [6, 6.07) is 9.32. The lowest BCUT2D eigenvalue weighted by atomic mass is 10.00. The van der Waals surface area contributed by atoms with Crippen molar-refractivity contribution >= 4 is 39.2 Å². The van der Waals surface area contributed by atoms with Gasteiger partial charge in [-0.25, -0.2) is 4.79 Å². The van der Waals surface area contributed by atoms with E-state index in [0.717, 1.165) is 34.6 Å². The van der Waals surface area contributed by atoms with Crippen molar-refractivity contribution in [2.45, 2.75) is 19.8 Å². The average molecular weight is 433 g/mol. The van der Waals surface area contributed by atoms with Crippen LogP contribution in [0.1, 0.15) is 39.6 Å². The Balaban J connectivity index is 2.02. The first-order valence-electron chi connectivity index (χ1n) is 8.47. The molecule has 0 atom stereocenters. The normalized spacial score (nSPS) is 13.0. The number of nitro benzene ring substituents is 1. The highest BCUT2D eigenvalue weighted by atomic mass is 79.9. The lowest BCUT2D eigenvalue weighted by Gasteiger charge is -2.29. The summed E-state index contributed by atoms with van der Waals surface area (Å²) in [6.45, 7) is 2.29. The molecule has 7 nitrogen and oxygen atoms in total. The molecule has 0 fully saturated rings. The average Bonchev–Trinajstić information content (AvgIpc) is 2.66. The number of esters is 1. The molecule has 1 amide bonds. The largest absolute Gasteiger partial charge is 0.462 e. The van der Waals surface area contributed by atoms with Crippen LogP contribution >= 0.6 is 15.9 Å². The number of fused-ring (bicyclic) bond motifs is 1. The molecule has 0 aliphatic carbocycles. The topological polar surface area (TPSA) is 89.8 Å². The fourth-order valence-electron chi connectivity index (χ4n) is 3.10. The van der Waals surface area contributed by atoms with E-state index < -0.39 is 10.9 Å². The van der Waals surface area contributed by atoms with Crippen LogP contribution < -0.4 is 4.90 Å². The third-order valence-electron chi connectivity index (χ3n) is 4.29. The van der Waals surface area contributed by atoms with Gasteiger partial charge in [-0.15, -0.1) is 0 Å². The number of nitrogens with zero attached hydrogens (tertiary/aromatic N) is 2. The zero-order valence-corrected chi connectivity index (χ0v) is 16.2. The van der Waals surface area contributed by atoms with E-state index in [4.69, 9.17) is 4.74 Å². The highest BCUT2D eigenvalue weighted by Crippen LogP contribution is 2.31. The lowest BCUT2D eigenvalue weighted by molar-refractivity contribution is -0.384. The van der Waals surface area contributed by atoms with Gasteiger partial charge < -0.3 is 9.64 Å². The van der Waals surface area contributed by atoms with Gasteiger partial charge in [0.2, 0.25) is 0 Å². The van der Waals surface area contributed by atoms with Crippen LogP contribution in [0, 0.1) is 10.1 Å². The Kier molecular flexibility index (Phi) is 5.55. The number of anilines is 1. The number of halogens is 1. The molecule has 0 spiro atoms. The van der Waals surface area contributed by atoms with Crippen molar-refractivity contribution < 1.29 is 19.2 Å². The van der Waals surface area contributed by atoms with Gasteiger partial charge in [0.05, 0.1) is 17.1 Å². The molecular weight excluding hydrogens is 416 g/mol. The Bertz CT molecular complexity index is 928. The zero-order valence-electron chi connectivity index (χ0n) is 14.6. The highest BCUT2D eigenvalue weighted by Gasteiger charge is 2.26. The minimum Gasteiger partial charge on any atom is -0.462 e. The number of carbonyl (C=O) groups excluding carboxylic acids is 2. The number of aryl methyl sites for hydroxylation is 1. The number of nitro groups is 1.